The lowest BCUT2D eigenvalue weighted by Crippen LogP contribution is -2.27. The molecule has 0 radical (unpaired) electrons. The van der Waals surface area contributed by atoms with Gasteiger partial charge in [-0.1, -0.05) is 12.1 Å². The first-order valence-corrected chi connectivity index (χ1v) is 6.44. The van der Waals surface area contributed by atoms with E-state index in [0.29, 0.717) is 17.8 Å². The second-order valence-electron chi connectivity index (χ2n) is 4.57. The number of carbonyl (C=O) groups is 1. The topological polar surface area (TPSA) is 80.5 Å². The molecule has 0 fully saturated rings. The molecule has 2 aromatic rings. The van der Waals surface area contributed by atoms with E-state index in [1.807, 2.05) is 24.3 Å². The predicted molar refractivity (Wildman–Crippen MR) is 80.8 cm³/mol. The van der Waals surface area contributed by atoms with Crippen LogP contribution >= 0.6 is 0 Å². The molecule has 1 aromatic heterocycles. The molecule has 0 spiro atoms. The number of benzene rings is 1. The molecule has 3 N–H and O–H groups in total. The quantitative estimate of drug-likeness (QED) is 0.645. The number of rotatable bonds is 5. The fraction of sp³-hybridized carbons (Fsp3) is 0.200. The van der Waals surface area contributed by atoms with E-state index < -0.39 is 0 Å². The molecule has 2 rings (SSSR count). The van der Waals surface area contributed by atoms with Crippen molar-refractivity contribution in [3.63, 3.8) is 0 Å². The third-order valence-electron chi connectivity index (χ3n) is 3.13. The van der Waals surface area contributed by atoms with Crippen LogP contribution in [0.5, 0.6) is 5.75 Å². The van der Waals surface area contributed by atoms with Crippen LogP contribution in [0.15, 0.2) is 42.7 Å². The van der Waals surface area contributed by atoms with Gasteiger partial charge >= 0.3 is 0 Å². The number of hydrogen-bond donors (Lipinski definition) is 2. The number of nitrogens with one attached hydrogen (secondary N) is 1. The summed E-state index contributed by atoms with van der Waals surface area (Å²) in [7, 11) is 3.36. The van der Waals surface area contributed by atoms with Gasteiger partial charge in [0, 0.05) is 19.8 Å². The molecule has 21 heavy (non-hydrogen) atoms. The van der Waals surface area contributed by atoms with Crippen LogP contribution in [0.2, 0.25) is 0 Å². The first kappa shape index (κ1) is 14.8. The maximum Gasteiger partial charge on any atom is 0.256 e. The fourth-order valence-corrected chi connectivity index (χ4v) is 1.98. The summed E-state index contributed by atoms with van der Waals surface area (Å²) in [6.45, 7) is 0.495. The highest BCUT2D eigenvalue weighted by atomic mass is 16.5. The molecule has 0 unspecified atom stereocenters. The molecule has 1 aromatic carbocycles. The molecular formula is C15H18N4O2. The average Bonchev–Trinajstić information content (AvgIpc) is 2.54. The summed E-state index contributed by atoms with van der Waals surface area (Å²) >= 11 is 0. The van der Waals surface area contributed by atoms with E-state index in [9.17, 15) is 4.79 Å². The van der Waals surface area contributed by atoms with Crippen molar-refractivity contribution in [3.8, 4) is 5.75 Å². The molecule has 0 atom stereocenters. The smallest absolute Gasteiger partial charge is 0.256 e. The van der Waals surface area contributed by atoms with Gasteiger partial charge < -0.3 is 15.1 Å². The minimum absolute atomic E-state index is 0.124. The number of ether oxygens (including phenoxy) is 1. The molecule has 0 saturated carbocycles. The Bertz CT molecular complexity index is 613. The lowest BCUT2D eigenvalue weighted by Gasteiger charge is -2.19. The molecule has 110 valence electrons. The minimum Gasteiger partial charge on any atom is -0.497 e. The van der Waals surface area contributed by atoms with E-state index in [2.05, 4.69) is 10.4 Å². The van der Waals surface area contributed by atoms with Crippen LogP contribution in [0, 0.1) is 0 Å². The SMILES string of the molecule is COc1ccc(CN(C)C(=O)c2ccncc2NN)cc1. The number of hydrogen-bond acceptors (Lipinski definition) is 5. The lowest BCUT2D eigenvalue weighted by molar-refractivity contribution is 0.0786. The van der Waals surface area contributed by atoms with Gasteiger partial charge in [0.05, 0.1) is 24.6 Å². The number of nitrogens with two attached hydrogens (primary N) is 1. The molecule has 0 aliphatic rings. The Balaban J connectivity index is 2.11. The summed E-state index contributed by atoms with van der Waals surface area (Å²) in [5.74, 6) is 6.06. The second-order valence-corrected chi connectivity index (χ2v) is 4.57. The molecular weight excluding hydrogens is 268 g/mol. The molecule has 0 aliphatic heterocycles. The maximum atomic E-state index is 12.4. The fourth-order valence-electron chi connectivity index (χ4n) is 1.98. The Morgan fingerprint density at radius 3 is 2.67 bits per heavy atom. The Labute approximate surface area is 123 Å². The zero-order chi connectivity index (χ0) is 15.2. The molecule has 0 saturated heterocycles. The van der Waals surface area contributed by atoms with Gasteiger partial charge in [-0.3, -0.25) is 15.6 Å². The van der Waals surface area contributed by atoms with Gasteiger partial charge in [0.1, 0.15) is 5.75 Å². The maximum absolute atomic E-state index is 12.4. The van der Waals surface area contributed by atoms with Crippen LogP contribution in [0.1, 0.15) is 15.9 Å². The number of amides is 1. The average molecular weight is 286 g/mol. The van der Waals surface area contributed by atoms with Gasteiger partial charge in [0.15, 0.2) is 0 Å². The predicted octanol–water partition coefficient (Wildman–Crippen LogP) is 1.65. The highest BCUT2D eigenvalue weighted by Gasteiger charge is 2.15. The molecule has 1 heterocycles. The van der Waals surface area contributed by atoms with E-state index in [4.69, 9.17) is 10.6 Å². The molecule has 0 bridgehead atoms. The monoisotopic (exact) mass is 286 g/mol. The third-order valence-corrected chi connectivity index (χ3v) is 3.13. The van der Waals surface area contributed by atoms with E-state index >= 15 is 0 Å². The number of nitrogens with zero attached hydrogens (tertiary/aromatic N) is 2. The van der Waals surface area contributed by atoms with Crippen LogP contribution in [0.25, 0.3) is 0 Å². The van der Waals surface area contributed by atoms with Crippen LogP contribution in [0.4, 0.5) is 5.69 Å². The number of anilines is 1. The van der Waals surface area contributed by atoms with Crippen molar-refractivity contribution in [2.45, 2.75) is 6.54 Å². The van der Waals surface area contributed by atoms with E-state index in [1.54, 1.807) is 31.3 Å². The number of methoxy groups -OCH3 is 1. The van der Waals surface area contributed by atoms with Gasteiger partial charge in [0.2, 0.25) is 0 Å². The van der Waals surface area contributed by atoms with Gasteiger partial charge in [-0.25, -0.2) is 0 Å². The van der Waals surface area contributed by atoms with Crippen LogP contribution in [-0.4, -0.2) is 29.9 Å². The molecule has 0 aliphatic carbocycles. The first-order chi connectivity index (χ1) is 10.2. The summed E-state index contributed by atoms with van der Waals surface area (Å²) in [6, 6.07) is 9.23. The zero-order valence-corrected chi connectivity index (χ0v) is 12.0. The van der Waals surface area contributed by atoms with Crippen molar-refractivity contribution in [2.24, 2.45) is 5.84 Å². The van der Waals surface area contributed by atoms with Crippen molar-refractivity contribution in [1.29, 1.82) is 0 Å². The van der Waals surface area contributed by atoms with Crippen LogP contribution < -0.4 is 16.0 Å². The normalized spacial score (nSPS) is 10.0. The van der Waals surface area contributed by atoms with Crippen molar-refractivity contribution in [1.82, 2.24) is 9.88 Å². The largest absolute Gasteiger partial charge is 0.497 e. The van der Waals surface area contributed by atoms with Gasteiger partial charge in [0.25, 0.3) is 5.91 Å². The van der Waals surface area contributed by atoms with Crippen molar-refractivity contribution < 1.29 is 9.53 Å². The summed E-state index contributed by atoms with van der Waals surface area (Å²) in [5, 5.41) is 0. The number of aromatic nitrogens is 1. The standard InChI is InChI=1S/C15H18N4O2/c1-19(10-11-3-5-12(21-2)6-4-11)15(20)13-7-8-17-9-14(13)18-16/h3-9,18H,10,16H2,1-2H3. The highest BCUT2D eigenvalue weighted by molar-refractivity contribution is 5.99. The lowest BCUT2D eigenvalue weighted by atomic mass is 10.1. The van der Waals surface area contributed by atoms with E-state index in [1.165, 1.54) is 6.20 Å². The van der Waals surface area contributed by atoms with Crippen molar-refractivity contribution in [3.05, 3.63) is 53.9 Å². The minimum atomic E-state index is -0.124. The summed E-state index contributed by atoms with van der Waals surface area (Å²) in [4.78, 5) is 18.0. The third kappa shape index (κ3) is 3.49. The Morgan fingerprint density at radius 1 is 1.33 bits per heavy atom. The van der Waals surface area contributed by atoms with Crippen molar-refractivity contribution in [2.75, 3.05) is 19.6 Å². The number of hydrazine groups is 1. The van der Waals surface area contributed by atoms with E-state index in [0.717, 1.165) is 11.3 Å². The van der Waals surface area contributed by atoms with Gasteiger partial charge in [-0.05, 0) is 23.8 Å². The molecule has 6 heteroatoms. The second kappa shape index (κ2) is 6.71. The van der Waals surface area contributed by atoms with Crippen LogP contribution in [-0.2, 0) is 6.54 Å². The number of nitrogen functional groups attached to an aromatic ring is 1. The van der Waals surface area contributed by atoms with Gasteiger partial charge in [-0.15, -0.1) is 0 Å². The molecule has 6 nitrogen and oxygen atoms in total. The van der Waals surface area contributed by atoms with Crippen molar-refractivity contribution >= 4 is 11.6 Å². The summed E-state index contributed by atoms with van der Waals surface area (Å²) in [5.41, 5.74) is 4.49. The Hall–Kier alpha value is -2.60. The summed E-state index contributed by atoms with van der Waals surface area (Å²) < 4.78 is 5.11. The zero-order valence-electron chi connectivity index (χ0n) is 12.0. The number of pyridine rings is 1. The summed E-state index contributed by atoms with van der Waals surface area (Å²) in [6.07, 6.45) is 3.09. The highest BCUT2D eigenvalue weighted by Crippen LogP contribution is 2.17. The Morgan fingerprint density at radius 2 is 2.05 bits per heavy atom. The van der Waals surface area contributed by atoms with Gasteiger partial charge in [-0.2, -0.15) is 0 Å². The first-order valence-electron chi connectivity index (χ1n) is 6.44. The number of carbonyl (C=O) groups excluding carboxylic acids is 1. The van der Waals surface area contributed by atoms with E-state index in [-0.39, 0.29) is 5.91 Å². The van der Waals surface area contributed by atoms with Crippen LogP contribution in [0.3, 0.4) is 0 Å². The molecule has 1 amide bonds. The Kier molecular flexibility index (Phi) is 4.73.